The highest BCUT2D eigenvalue weighted by Gasteiger charge is 2.27. The number of benzene rings is 1. The van der Waals surface area contributed by atoms with Gasteiger partial charge in [-0.05, 0) is 23.6 Å². The van der Waals surface area contributed by atoms with Gasteiger partial charge in [0.15, 0.2) is 0 Å². The zero-order chi connectivity index (χ0) is 13.9. The highest BCUT2D eigenvalue weighted by molar-refractivity contribution is 9.10. The van der Waals surface area contributed by atoms with Gasteiger partial charge in [0.05, 0.1) is 17.3 Å². The third-order valence-corrected chi connectivity index (χ3v) is 3.07. The number of anilines is 1. The predicted octanol–water partition coefficient (Wildman–Crippen LogP) is 2.63. The van der Waals surface area contributed by atoms with Gasteiger partial charge in [-0.2, -0.15) is 5.26 Å². The van der Waals surface area contributed by atoms with Crippen LogP contribution >= 0.6 is 15.9 Å². The van der Waals surface area contributed by atoms with Gasteiger partial charge in [0.25, 0.3) is 0 Å². The van der Waals surface area contributed by atoms with Gasteiger partial charge in [-0.3, -0.25) is 4.79 Å². The molecule has 1 unspecified atom stereocenters. The average molecular weight is 310 g/mol. The summed E-state index contributed by atoms with van der Waals surface area (Å²) in [6.45, 7) is 5.68. The normalized spacial score (nSPS) is 12.7. The summed E-state index contributed by atoms with van der Waals surface area (Å²) >= 11 is 3.28. The second-order valence-electron chi connectivity index (χ2n) is 5.13. The molecule has 1 aromatic carbocycles. The van der Waals surface area contributed by atoms with Crippen LogP contribution in [0.5, 0.6) is 0 Å². The van der Waals surface area contributed by atoms with Crippen molar-refractivity contribution in [2.75, 3.05) is 5.32 Å². The summed E-state index contributed by atoms with van der Waals surface area (Å²) in [5.74, 6) is -0.290. The number of nitriles is 1. The van der Waals surface area contributed by atoms with Crippen molar-refractivity contribution >= 4 is 27.5 Å². The number of halogens is 1. The Hall–Kier alpha value is -1.38. The van der Waals surface area contributed by atoms with Gasteiger partial charge < -0.3 is 11.1 Å². The van der Waals surface area contributed by atoms with Crippen molar-refractivity contribution in [2.24, 2.45) is 11.1 Å². The number of nitrogens with two attached hydrogens (primary N) is 1. The lowest BCUT2D eigenvalue weighted by atomic mass is 9.87. The van der Waals surface area contributed by atoms with Gasteiger partial charge in [-0.1, -0.05) is 36.7 Å². The first-order valence-corrected chi connectivity index (χ1v) is 6.31. The summed E-state index contributed by atoms with van der Waals surface area (Å²) in [5, 5.41) is 11.7. The molecule has 3 N–H and O–H groups in total. The number of hydrogen-bond acceptors (Lipinski definition) is 3. The molecule has 0 spiro atoms. The van der Waals surface area contributed by atoms with E-state index in [1.54, 1.807) is 18.2 Å². The van der Waals surface area contributed by atoms with Crippen molar-refractivity contribution in [1.29, 1.82) is 5.26 Å². The second-order valence-corrected chi connectivity index (χ2v) is 6.05. The van der Waals surface area contributed by atoms with E-state index in [1.165, 1.54) is 0 Å². The number of amides is 1. The van der Waals surface area contributed by atoms with E-state index in [9.17, 15) is 4.79 Å². The van der Waals surface area contributed by atoms with Crippen LogP contribution in [0.1, 0.15) is 26.3 Å². The first-order chi connectivity index (χ1) is 8.25. The average Bonchev–Trinajstić information content (AvgIpc) is 2.29. The maximum Gasteiger partial charge on any atom is 0.241 e. The molecule has 96 valence electrons. The lowest BCUT2D eigenvalue weighted by Gasteiger charge is -2.26. The predicted molar refractivity (Wildman–Crippen MR) is 74.9 cm³/mol. The van der Waals surface area contributed by atoms with E-state index in [0.717, 1.165) is 4.47 Å². The first kappa shape index (κ1) is 14.7. The Morgan fingerprint density at radius 3 is 2.61 bits per heavy atom. The Labute approximate surface area is 115 Å². The molecule has 0 aliphatic rings. The number of hydrogen-bond donors (Lipinski definition) is 2. The molecule has 1 rings (SSSR count). The van der Waals surface area contributed by atoms with E-state index in [1.807, 2.05) is 26.8 Å². The monoisotopic (exact) mass is 309 g/mol. The summed E-state index contributed by atoms with van der Waals surface area (Å²) in [4.78, 5) is 12.0. The van der Waals surface area contributed by atoms with Gasteiger partial charge >= 0.3 is 0 Å². The molecule has 18 heavy (non-hydrogen) atoms. The molecule has 5 heteroatoms. The Kier molecular flexibility index (Phi) is 4.49. The quantitative estimate of drug-likeness (QED) is 0.881. The number of nitrogens with one attached hydrogen (secondary N) is 1. The molecule has 0 bridgehead atoms. The molecule has 1 atom stereocenters. The Bertz CT molecular complexity index is 500. The third-order valence-electron chi connectivity index (χ3n) is 2.58. The fraction of sp³-hybridized carbons (Fsp3) is 0.385. The molecule has 0 saturated heterocycles. The zero-order valence-corrected chi connectivity index (χ0v) is 12.2. The largest absolute Gasteiger partial charge is 0.324 e. The van der Waals surface area contributed by atoms with E-state index < -0.39 is 6.04 Å². The van der Waals surface area contributed by atoms with E-state index in [-0.39, 0.29) is 11.3 Å². The Morgan fingerprint density at radius 1 is 1.50 bits per heavy atom. The standard InChI is InChI=1S/C13H16BrN3O/c1-13(2,3)11(16)12(18)17-10-5-4-9(14)6-8(10)7-15/h4-6,11H,16H2,1-3H3,(H,17,18). The second kappa shape index (κ2) is 5.51. The van der Waals surface area contributed by atoms with Crippen LogP contribution in [-0.2, 0) is 4.79 Å². The van der Waals surface area contributed by atoms with E-state index >= 15 is 0 Å². The van der Waals surface area contributed by atoms with Crippen LogP contribution in [-0.4, -0.2) is 11.9 Å². The molecular formula is C13H16BrN3O. The van der Waals surface area contributed by atoms with Gasteiger partial charge in [0.1, 0.15) is 6.07 Å². The topological polar surface area (TPSA) is 78.9 Å². The highest BCUT2D eigenvalue weighted by atomic mass is 79.9. The van der Waals surface area contributed by atoms with Crippen LogP contribution in [0.25, 0.3) is 0 Å². The van der Waals surface area contributed by atoms with Crippen molar-refractivity contribution in [2.45, 2.75) is 26.8 Å². The fourth-order valence-corrected chi connectivity index (χ4v) is 1.68. The molecule has 1 aromatic rings. The van der Waals surface area contributed by atoms with Crippen LogP contribution in [0.15, 0.2) is 22.7 Å². The molecule has 0 saturated carbocycles. The zero-order valence-electron chi connectivity index (χ0n) is 10.6. The van der Waals surface area contributed by atoms with Crippen molar-refractivity contribution in [3.63, 3.8) is 0 Å². The van der Waals surface area contributed by atoms with Crippen LogP contribution < -0.4 is 11.1 Å². The number of carbonyl (C=O) groups excluding carboxylic acids is 1. The molecule has 0 radical (unpaired) electrons. The molecule has 0 aromatic heterocycles. The highest BCUT2D eigenvalue weighted by Crippen LogP contribution is 2.22. The summed E-state index contributed by atoms with van der Waals surface area (Å²) in [5.41, 5.74) is 6.41. The van der Waals surface area contributed by atoms with E-state index in [4.69, 9.17) is 11.0 Å². The summed E-state index contributed by atoms with van der Waals surface area (Å²) in [7, 11) is 0. The summed E-state index contributed by atoms with van der Waals surface area (Å²) in [6, 6.07) is 6.49. The minimum absolute atomic E-state index is 0.290. The van der Waals surface area contributed by atoms with Crippen LogP contribution in [0.3, 0.4) is 0 Å². The smallest absolute Gasteiger partial charge is 0.241 e. The van der Waals surface area contributed by atoms with Crippen LogP contribution in [0.4, 0.5) is 5.69 Å². The Morgan fingerprint density at radius 2 is 2.11 bits per heavy atom. The fourth-order valence-electron chi connectivity index (χ4n) is 1.32. The van der Waals surface area contributed by atoms with Crippen LogP contribution in [0, 0.1) is 16.7 Å². The Balaban J connectivity index is 2.93. The molecule has 0 fully saturated rings. The van der Waals surface area contributed by atoms with Gasteiger partial charge in [0.2, 0.25) is 5.91 Å². The minimum atomic E-state index is -0.632. The number of nitrogens with zero attached hydrogens (tertiary/aromatic N) is 1. The van der Waals surface area contributed by atoms with Crippen molar-refractivity contribution in [3.8, 4) is 6.07 Å². The third kappa shape index (κ3) is 3.56. The van der Waals surface area contributed by atoms with E-state index in [0.29, 0.717) is 11.3 Å². The maximum atomic E-state index is 12.0. The molecule has 1 amide bonds. The first-order valence-electron chi connectivity index (χ1n) is 5.52. The molecule has 0 aliphatic carbocycles. The van der Waals surface area contributed by atoms with Gasteiger partial charge in [-0.15, -0.1) is 0 Å². The van der Waals surface area contributed by atoms with Gasteiger partial charge in [0, 0.05) is 4.47 Å². The lowest BCUT2D eigenvalue weighted by Crippen LogP contribution is -2.45. The van der Waals surface area contributed by atoms with Crippen molar-refractivity contribution < 1.29 is 4.79 Å². The number of rotatable bonds is 2. The molecule has 0 heterocycles. The molecule has 4 nitrogen and oxygen atoms in total. The van der Waals surface area contributed by atoms with E-state index in [2.05, 4.69) is 21.2 Å². The maximum absolute atomic E-state index is 12.0. The number of carbonyl (C=O) groups is 1. The summed E-state index contributed by atoms with van der Waals surface area (Å²) in [6.07, 6.45) is 0. The van der Waals surface area contributed by atoms with Gasteiger partial charge in [-0.25, -0.2) is 0 Å². The molecule has 0 aliphatic heterocycles. The minimum Gasteiger partial charge on any atom is -0.324 e. The molecular weight excluding hydrogens is 294 g/mol. The van der Waals surface area contributed by atoms with Crippen molar-refractivity contribution in [3.05, 3.63) is 28.2 Å². The lowest BCUT2D eigenvalue weighted by molar-refractivity contribution is -0.119. The summed E-state index contributed by atoms with van der Waals surface area (Å²) < 4.78 is 0.789. The SMILES string of the molecule is CC(C)(C)C(N)C(=O)Nc1ccc(Br)cc1C#N. The van der Waals surface area contributed by atoms with Crippen LogP contribution in [0.2, 0.25) is 0 Å². The van der Waals surface area contributed by atoms with Crippen molar-refractivity contribution in [1.82, 2.24) is 0 Å².